The standard InChI is InChI=1S/C20H23N7O2/c1-21-19(28)18-14-27(26-25-18)12-6-5-9-16-10-11-17(24-23-16)20(29)22-13-15-7-3-2-4-8-15/h2-4,7-8,10-11,14H,5-6,9,12-13H2,1H3,(H,21,28)(H,22,29). The van der Waals surface area contributed by atoms with Crippen molar-refractivity contribution in [2.24, 2.45) is 0 Å². The van der Waals surface area contributed by atoms with Crippen molar-refractivity contribution in [2.45, 2.75) is 32.4 Å². The van der Waals surface area contributed by atoms with Crippen molar-refractivity contribution < 1.29 is 9.59 Å². The molecular weight excluding hydrogens is 370 g/mol. The van der Waals surface area contributed by atoms with Gasteiger partial charge in [-0.25, -0.2) is 0 Å². The van der Waals surface area contributed by atoms with E-state index in [1.54, 1.807) is 24.0 Å². The first kappa shape index (κ1) is 20.1. The minimum atomic E-state index is -0.251. The van der Waals surface area contributed by atoms with Crippen molar-refractivity contribution in [1.82, 2.24) is 35.8 Å². The summed E-state index contributed by atoms with van der Waals surface area (Å²) in [6, 6.07) is 13.2. The van der Waals surface area contributed by atoms with Crippen molar-refractivity contribution in [3.63, 3.8) is 0 Å². The Morgan fingerprint density at radius 1 is 0.931 bits per heavy atom. The molecule has 9 nitrogen and oxygen atoms in total. The van der Waals surface area contributed by atoms with E-state index in [4.69, 9.17) is 0 Å². The van der Waals surface area contributed by atoms with E-state index in [0.29, 0.717) is 24.5 Å². The van der Waals surface area contributed by atoms with Crippen molar-refractivity contribution in [3.8, 4) is 0 Å². The molecule has 0 aliphatic rings. The smallest absolute Gasteiger partial charge is 0.273 e. The Balaban J connectivity index is 1.40. The molecule has 0 aliphatic carbocycles. The number of amides is 2. The van der Waals surface area contributed by atoms with Crippen LogP contribution in [0.2, 0.25) is 0 Å². The van der Waals surface area contributed by atoms with Crippen molar-refractivity contribution in [3.05, 3.63) is 71.3 Å². The maximum atomic E-state index is 12.2. The van der Waals surface area contributed by atoms with E-state index in [9.17, 15) is 9.59 Å². The number of nitrogens with one attached hydrogen (secondary N) is 2. The number of carbonyl (C=O) groups excluding carboxylic acids is 2. The molecule has 29 heavy (non-hydrogen) atoms. The molecule has 0 spiro atoms. The molecule has 0 bridgehead atoms. The number of hydrogen-bond acceptors (Lipinski definition) is 6. The molecule has 0 radical (unpaired) electrons. The van der Waals surface area contributed by atoms with Gasteiger partial charge in [0.25, 0.3) is 11.8 Å². The van der Waals surface area contributed by atoms with Gasteiger partial charge in [0.1, 0.15) is 0 Å². The second-order valence-corrected chi connectivity index (χ2v) is 6.48. The van der Waals surface area contributed by atoms with E-state index in [0.717, 1.165) is 30.5 Å². The number of unbranched alkanes of at least 4 members (excludes halogenated alkanes) is 1. The molecule has 0 fully saturated rings. The summed E-state index contributed by atoms with van der Waals surface area (Å²) >= 11 is 0. The van der Waals surface area contributed by atoms with E-state index in [1.807, 2.05) is 36.4 Å². The molecule has 3 rings (SSSR count). The summed E-state index contributed by atoms with van der Waals surface area (Å²) < 4.78 is 1.65. The number of aryl methyl sites for hydroxylation is 2. The monoisotopic (exact) mass is 393 g/mol. The lowest BCUT2D eigenvalue weighted by molar-refractivity contribution is 0.0941. The quantitative estimate of drug-likeness (QED) is 0.531. The second kappa shape index (κ2) is 10.1. The van der Waals surface area contributed by atoms with Crippen molar-refractivity contribution in [2.75, 3.05) is 7.05 Å². The first-order valence-corrected chi connectivity index (χ1v) is 9.42. The molecule has 0 atom stereocenters. The second-order valence-electron chi connectivity index (χ2n) is 6.48. The number of hydrogen-bond donors (Lipinski definition) is 2. The van der Waals surface area contributed by atoms with Crippen LogP contribution in [0.4, 0.5) is 0 Å². The fourth-order valence-corrected chi connectivity index (χ4v) is 2.70. The van der Waals surface area contributed by atoms with Gasteiger partial charge in [-0.15, -0.1) is 10.2 Å². The third-order valence-electron chi connectivity index (χ3n) is 4.32. The molecule has 2 amide bonds. The Hall–Kier alpha value is -3.62. The van der Waals surface area contributed by atoms with Crippen molar-refractivity contribution in [1.29, 1.82) is 0 Å². The molecule has 3 aromatic rings. The van der Waals surface area contributed by atoms with Gasteiger partial charge in [-0.1, -0.05) is 35.5 Å². The third-order valence-corrected chi connectivity index (χ3v) is 4.32. The third kappa shape index (κ3) is 5.93. The van der Waals surface area contributed by atoms with E-state index in [2.05, 4.69) is 31.1 Å². The van der Waals surface area contributed by atoms with Gasteiger partial charge >= 0.3 is 0 Å². The molecule has 0 aliphatic heterocycles. The molecule has 9 heteroatoms. The normalized spacial score (nSPS) is 10.5. The highest BCUT2D eigenvalue weighted by Crippen LogP contribution is 2.05. The van der Waals surface area contributed by atoms with Crippen LogP contribution >= 0.6 is 0 Å². The van der Waals surface area contributed by atoms with E-state index < -0.39 is 0 Å². The number of carbonyl (C=O) groups is 2. The van der Waals surface area contributed by atoms with Crippen LogP contribution in [-0.4, -0.2) is 44.1 Å². The number of benzene rings is 1. The minimum Gasteiger partial charge on any atom is -0.354 e. The number of nitrogens with zero attached hydrogens (tertiary/aromatic N) is 5. The van der Waals surface area contributed by atoms with Crippen molar-refractivity contribution >= 4 is 11.8 Å². The molecule has 150 valence electrons. The molecule has 0 saturated carbocycles. The van der Waals surface area contributed by atoms with Crippen LogP contribution in [-0.2, 0) is 19.5 Å². The van der Waals surface area contributed by atoms with E-state index >= 15 is 0 Å². The van der Waals surface area contributed by atoms with Gasteiger partial charge in [0.15, 0.2) is 11.4 Å². The average Bonchev–Trinajstić information content (AvgIpc) is 3.24. The lowest BCUT2D eigenvalue weighted by atomic mass is 10.2. The van der Waals surface area contributed by atoms with Crippen LogP contribution in [0.25, 0.3) is 0 Å². The SMILES string of the molecule is CNC(=O)c1cn(CCCCc2ccc(C(=O)NCc3ccccc3)nn2)nn1. The molecule has 1 aromatic carbocycles. The summed E-state index contributed by atoms with van der Waals surface area (Å²) in [5, 5.41) is 21.3. The number of rotatable bonds is 9. The Kier molecular flexibility index (Phi) is 6.99. The van der Waals surface area contributed by atoms with E-state index in [1.165, 1.54) is 0 Å². The molecule has 2 heterocycles. The summed E-state index contributed by atoms with van der Waals surface area (Å²) in [4.78, 5) is 23.6. The van der Waals surface area contributed by atoms with Gasteiger partial charge < -0.3 is 10.6 Å². The highest BCUT2D eigenvalue weighted by Gasteiger charge is 2.09. The number of aromatic nitrogens is 5. The first-order chi connectivity index (χ1) is 14.2. The highest BCUT2D eigenvalue weighted by atomic mass is 16.2. The minimum absolute atomic E-state index is 0.244. The Bertz CT molecular complexity index is 939. The Morgan fingerprint density at radius 2 is 1.76 bits per heavy atom. The lowest BCUT2D eigenvalue weighted by Crippen LogP contribution is -2.24. The van der Waals surface area contributed by atoms with Gasteiger partial charge in [0, 0.05) is 20.1 Å². The predicted molar refractivity (Wildman–Crippen MR) is 106 cm³/mol. The molecule has 0 unspecified atom stereocenters. The predicted octanol–water partition coefficient (Wildman–Crippen LogP) is 1.38. The molecule has 2 aromatic heterocycles. The van der Waals surface area contributed by atoms with Crippen LogP contribution in [0.3, 0.4) is 0 Å². The zero-order valence-corrected chi connectivity index (χ0v) is 16.2. The fourth-order valence-electron chi connectivity index (χ4n) is 2.70. The summed E-state index contributed by atoms with van der Waals surface area (Å²) in [5.41, 5.74) is 2.46. The molecular formula is C20H23N7O2. The summed E-state index contributed by atoms with van der Waals surface area (Å²) in [6.07, 6.45) is 4.11. The maximum Gasteiger partial charge on any atom is 0.273 e. The van der Waals surface area contributed by atoms with Gasteiger partial charge in [-0.05, 0) is 37.0 Å². The van der Waals surface area contributed by atoms with Gasteiger partial charge in [0.2, 0.25) is 0 Å². The fraction of sp³-hybridized carbons (Fsp3) is 0.300. The average molecular weight is 393 g/mol. The lowest BCUT2D eigenvalue weighted by Gasteiger charge is -2.05. The zero-order valence-electron chi connectivity index (χ0n) is 16.2. The molecule has 0 saturated heterocycles. The first-order valence-electron chi connectivity index (χ1n) is 9.42. The highest BCUT2D eigenvalue weighted by molar-refractivity contribution is 5.92. The Labute approximate surface area is 168 Å². The van der Waals surface area contributed by atoms with Crippen LogP contribution in [0.15, 0.2) is 48.7 Å². The van der Waals surface area contributed by atoms with Crippen LogP contribution < -0.4 is 10.6 Å². The topological polar surface area (TPSA) is 115 Å². The largest absolute Gasteiger partial charge is 0.354 e. The van der Waals surface area contributed by atoms with E-state index in [-0.39, 0.29) is 11.8 Å². The van der Waals surface area contributed by atoms with Gasteiger partial charge in [0.05, 0.1) is 11.9 Å². The Morgan fingerprint density at radius 3 is 2.48 bits per heavy atom. The summed E-state index contributed by atoms with van der Waals surface area (Å²) in [7, 11) is 1.56. The summed E-state index contributed by atoms with van der Waals surface area (Å²) in [6.45, 7) is 1.12. The van der Waals surface area contributed by atoms with Crippen LogP contribution in [0.1, 0.15) is 45.1 Å². The van der Waals surface area contributed by atoms with Gasteiger partial charge in [-0.3, -0.25) is 14.3 Å². The zero-order chi connectivity index (χ0) is 20.5. The van der Waals surface area contributed by atoms with Gasteiger partial charge in [-0.2, -0.15) is 5.10 Å². The van der Waals surface area contributed by atoms with Crippen LogP contribution in [0.5, 0.6) is 0 Å². The van der Waals surface area contributed by atoms with Crippen LogP contribution in [0, 0.1) is 0 Å². The summed E-state index contributed by atoms with van der Waals surface area (Å²) in [5.74, 6) is -0.495. The molecule has 2 N–H and O–H groups in total. The maximum absolute atomic E-state index is 12.2.